The molecule has 0 fully saturated rings. The van der Waals surface area contributed by atoms with Crippen LogP contribution in [-0.4, -0.2) is 35.8 Å². The molecular weight excluding hydrogens is 479 g/mol. The van der Waals surface area contributed by atoms with Crippen LogP contribution in [0.15, 0.2) is 60.8 Å². The second-order valence-electron chi connectivity index (χ2n) is 9.98. The van der Waals surface area contributed by atoms with Crippen molar-refractivity contribution in [3.63, 3.8) is 0 Å². The fraction of sp³-hybridized carbons (Fsp3) is 0.321. The van der Waals surface area contributed by atoms with E-state index in [2.05, 4.69) is 10.3 Å². The number of hydrogen-bond acceptors (Lipinski definition) is 4. The zero-order valence-electron chi connectivity index (χ0n) is 21.1. The van der Waals surface area contributed by atoms with Crippen LogP contribution in [0.3, 0.4) is 0 Å². The molecule has 9 heteroatoms. The molecule has 2 aromatic carbocycles. The van der Waals surface area contributed by atoms with Crippen LogP contribution >= 0.6 is 0 Å². The van der Waals surface area contributed by atoms with E-state index in [1.165, 1.54) is 0 Å². The molecule has 192 valence electrons. The summed E-state index contributed by atoms with van der Waals surface area (Å²) >= 11 is 0. The van der Waals surface area contributed by atoms with Gasteiger partial charge in [-0.2, -0.15) is 13.2 Å². The predicted octanol–water partition coefficient (Wildman–Crippen LogP) is 6.45. The van der Waals surface area contributed by atoms with Gasteiger partial charge in [-0.05, 0) is 50.5 Å². The van der Waals surface area contributed by atoms with E-state index in [1.807, 2.05) is 66.1 Å². The summed E-state index contributed by atoms with van der Waals surface area (Å²) in [4.78, 5) is 4.77. The van der Waals surface area contributed by atoms with E-state index in [0.717, 1.165) is 33.4 Å². The number of nitrogens with zero attached hydrogens (tertiary/aromatic N) is 5. The molecule has 37 heavy (non-hydrogen) atoms. The van der Waals surface area contributed by atoms with Crippen LogP contribution in [0.5, 0.6) is 0 Å². The van der Waals surface area contributed by atoms with Gasteiger partial charge < -0.3 is 9.67 Å². The molecule has 1 atom stereocenters. The third-order valence-electron chi connectivity index (χ3n) is 6.81. The maximum Gasteiger partial charge on any atom is 0.389 e. The lowest BCUT2D eigenvalue weighted by molar-refractivity contribution is -0.136. The standard InChI is InChI=1S/C28H28F3N5O/c1-17-26(35(4)34-33-17)19-14-24-25(32-16-19)21-11-10-20(27(2,3)37)15-23(21)36(24)22(12-13-28(29,30)31)18-8-6-5-7-9-18/h5-11,14-16,22,37H,12-13H2,1-4H3/t22-/m0/s1. The lowest BCUT2D eigenvalue weighted by Gasteiger charge is -2.24. The zero-order chi connectivity index (χ0) is 26.5. The van der Waals surface area contributed by atoms with Gasteiger partial charge in [0.1, 0.15) is 0 Å². The molecular formula is C28H28F3N5O. The average Bonchev–Trinajstić information content (AvgIpc) is 3.34. The van der Waals surface area contributed by atoms with E-state index in [4.69, 9.17) is 4.98 Å². The number of aryl methyl sites for hydroxylation is 2. The molecule has 0 aliphatic heterocycles. The molecule has 6 nitrogen and oxygen atoms in total. The third kappa shape index (κ3) is 4.71. The number of fused-ring (bicyclic) bond motifs is 3. The SMILES string of the molecule is Cc1nnn(C)c1-c1cnc2c3ccc(C(C)(C)O)cc3n([C@@H](CCC(F)(F)F)c3ccccc3)c2c1. The first-order valence-corrected chi connectivity index (χ1v) is 12.1. The van der Waals surface area contributed by atoms with Crippen LogP contribution in [0.1, 0.15) is 49.6 Å². The van der Waals surface area contributed by atoms with Crippen LogP contribution < -0.4 is 0 Å². The molecule has 0 saturated carbocycles. The van der Waals surface area contributed by atoms with Gasteiger partial charge in [0.2, 0.25) is 0 Å². The highest BCUT2D eigenvalue weighted by atomic mass is 19.4. The average molecular weight is 508 g/mol. The monoisotopic (exact) mass is 507 g/mol. The van der Waals surface area contributed by atoms with E-state index in [0.29, 0.717) is 16.6 Å². The highest BCUT2D eigenvalue weighted by Gasteiger charge is 2.31. The maximum atomic E-state index is 13.5. The lowest BCUT2D eigenvalue weighted by Crippen LogP contribution is -2.17. The minimum Gasteiger partial charge on any atom is -0.386 e. The van der Waals surface area contributed by atoms with Crippen LogP contribution in [0.25, 0.3) is 33.2 Å². The normalized spacial score (nSPS) is 13.5. The zero-order valence-corrected chi connectivity index (χ0v) is 21.1. The van der Waals surface area contributed by atoms with Gasteiger partial charge in [-0.15, -0.1) is 5.10 Å². The van der Waals surface area contributed by atoms with Gasteiger partial charge in [-0.1, -0.05) is 47.7 Å². The molecule has 0 spiro atoms. The fourth-order valence-corrected chi connectivity index (χ4v) is 5.03. The molecule has 3 heterocycles. The molecule has 0 unspecified atom stereocenters. The van der Waals surface area contributed by atoms with Crippen molar-refractivity contribution in [2.45, 2.75) is 51.4 Å². The van der Waals surface area contributed by atoms with Crippen LogP contribution in [-0.2, 0) is 12.6 Å². The minimum absolute atomic E-state index is 0.143. The second-order valence-corrected chi connectivity index (χ2v) is 9.98. The van der Waals surface area contributed by atoms with Crippen molar-refractivity contribution in [1.29, 1.82) is 0 Å². The Bertz CT molecular complexity index is 1560. The number of rotatable bonds is 6. The molecule has 1 N–H and O–H groups in total. The first kappa shape index (κ1) is 25.0. The lowest BCUT2D eigenvalue weighted by atomic mass is 9.97. The van der Waals surface area contributed by atoms with Crippen LogP contribution in [0.4, 0.5) is 13.2 Å². The van der Waals surface area contributed by atoms with Crippen molar-refractivity contribution in [1.82, 2.24) is 24.5 Å². The van der Waals surface area contributed by atoms with Gasteiger partial charge in [0.25, 0.3) is 0 Å². The summed E-state index contributed by atoms with van der Waals surface area (Å²) in [7, 11) is 1.79. The Kier molecular flexibility index (Phi) is 6.06. The summed E-state index contributed by atoms with van der Waals surface area (Å²) in [6.07, 6.45) is -3.63. The second kappa shape index (κ2) is 8.99. The van der Waals surface area contributed by atoms with Crippen molar-refractivity contribution < 1.29 is 18.3 Å². The quantitative estimate of drug-likeness (QED) is 0.287. The summed E-state index contributed by atoms with van der Waals surface area (Å²) in [6, 6.07) is 16.1. The Morgan fingerprint density at radius 2 is 1.73 bits per heavy atom. The highest BCUT2D eigenvalue weighted by molar-refractivity contribution is 6.07. The number of pyridine rings is 1. The molecule has 5 rings (SSSR count). The van der Waals surface area contributed by atoms with E-state index in [9.17, 15) is 18.3 Å². The van der Waals surface area contributed by atoms with Crippen molar-refractivity contribution in [3.8, 4) is 11.3 Å². The van der Waals surface area contributed by atoms with E-state index in [-0.39, 0.29) is 6.42 Å². The number of aliphatic hydroxyl groups is 1. The fourth-order valence-electron chi connectivity index (χ4n) is 5.03. The molecule has 3 aromatic heterocycles. The molecule has 0 saturated heterocycles. The number of alkyl halides is 3. The van der Waals surface area contributed by atoms with E-state index >= 15 is 0 Å². The maximum absolute atomic E-state index is 13.5. The van der Waals surface area contributed by atoms with Crippen molar-refractivity contribution in [3.05, 3.63) is 77.6 Å². The molecule has 0 aliphatic rings. The van der Waals surface area contributed by atoms with Gasteiger partial charge in [-0.3, -0.25) is 4.98 Å². The molecule has 0 radical (unpaired) electrons. The van der Waals surface area contributed by atoms with Gasteiger partial charge in [0.05, 0.1) is 39.6 Å². The summed E-state index contributed by atoms with van der Waals surface area (Å²) in [5.74, 6) is 0. The summed E-state index contributed by atoms with van der Waals surface area (Å²) in [6.45, 7) is 5.23. The van der Waals surface area contributed by atoms with Gasteiger partial charge in [-0.25, -0.2) is 4.68 Å². The number of benzene rings is 2. The van der Waals surface area contributed by atoms with Gasteiger partial charge >= 0.3 is 6.18 Å². The van der Waals surface area contributed by atoms with Crippen molar-refractivity contribution >= 4 is 21.9 Å². The third-order valence-corrected chi connectivity index (χ3v) is 6.81. The summed E-state index contributed by atoms with van der Waals surface area (Å²) < 4.78 is 44.1. The van der Waals surface area contributed by atoms with Crippen LogP contribution in [0, 0.1) is 6.92 Å². The molecule has 0 bridgehead atoms. The highest BCUT2D eigenvalue weighted by Crippen LogP contribution is 2.40. The Hall–Kier alpha value is -3.72. The van der Waals surface area contributed by atoms with E-state index < -0.39 is 24.2 Å². The van der Waals surface area contributed by atoms with Crippen molar-refractivity contribution in [2.75, 3.05) is 0 Å². The Morgan fingerprint density at radius 1 is 1.00 bits per heavy atom. The molecule has 5 aromatic rings. The molecule has 0 amide bonds. The van der Waals surface area contributed by atoms with E-state index in [1.54, 1.807) is 31.8 Å². The Labute approximate surface area is 212 Å². The Morgan fingerprint density at radius 3 is 2.35 bits per heavy atom. The first-order valence-electron chi connectivity index (χ1n) is 12.1. The van der Waals surface area contributed by atoms with Gasteiger partial charge in [0, 0.05) is 30.6 Å². The van der Waals surface area contributed by atoms with Crippen LogP contribution in [0.2, 0.25) is 0 Å². The molecule has 0 aliphatic carbocycles. The Balaban J connectivity index is 1.84. The summed E-state index contributed by atoms with van der Waals surface area (Å²) in [5.41, 5.74) is 4.70. The van der Waals surface area contributed by atoms with Gasteiger partial charge in [0.15, 0.2) is 0 Å². The number of aromatic nitrogens is 5. The number of hydrogen-bond donors (Lipinski definition) is 1. The summed E-state index contributed by atoms with van der Waals surface area (Å²) in [5, 5.41) is 19.8. The van der Waals surface area contributed by atoms with Crippen molar-refractivity contribution in [2.24, 2.45) is 7.05 Å². The largest absolute Gasteiger partial charge is 0.389 e. The first-order chi connectivity index (χ1) is 17.4. The topological polar surface area (TPSA) is 68.8 Å². The minimum atomic E-state index is -4.30. The smallest absolute Gasteiger partial charge is 0.386 e. The predicted molar refractivity (Wildman–Crippen MR) is 137 cm³/mol. The number of halogens is 3.